The van der Waals surface area contributed by atoms with Crippen molar-refractivity contribution in [2.45, 2.75) is 76.9 Å². The summed E-state index contributed by atoms with van der Waals surface area (Å²) in [6, 6.07) is 11.5. The summed E-state index contributed by atoms with van der Waals surface area (Å²) in [4.78, 5) is 28.7. The van der Waals surface area contributed by atoms with Gasteiger partial charge >= 0.3 is 0 Å². The maximum atomic E-state index is 13.7. The Morgan fingerprint density at radius 1 is 1.10 bits per heavy atom. The second kappa shape index (κ2) is 14.9. The molecule has 11 heteroatoms. The zero-order chi connectivity index (χ0) is 29.3. The maximum Gasteiger partial charge on any atom is 0.243 e. The van der Waals surface area contributed by atoms with Crippen molar-refractivity contribution in [3.63, 3.8) is 0 Å². The van der Waals surface area contributed by atoms with Crippen LogP contribution in [-0.2, 0) is 26.2 Å². The van der Waals surface area contributed by atoms with Crippen LogP contribution in [0.5, 0.6) is 5.75 Å². The fourth-order valence-corrected chi connectivity index (χ4v) is 6.50. The average molecular weight is 613 g/mol. The molecule has 1 aliphatic rings. The van der Waals surface area contributed by atoms with Crippen molar-refractivity contribution in [2.75, 3.05) is 24.2 Å². The maximum absolute atomic E-state index is 13.7. The molecule has 0 saturated heterocycles. The molecule has 220 valence electrons. The largest absolute Gasteiger partial charge is 0.497 e. The van der Waals surface area contributed by atoms with Gasteiger partial charge in [-0.2, -0.15) is 0 Å². The molecule has 1 aliphatic carbocycles. The minimum absolute atomic E-state index is 0.0305. The first-order valence-corrected chi connectivity index (χ1v) is 16.3. The number of hydrogen-bond donors (Lipinski definition) is 1. The van der Waals surface area contributed by atoms with E-state index in [4.69, 9.17) is 27.9 Å². The zero-order valence-corrected chi connectivity index (χ0v) is 25.7. The molecule has 1 N–H and O–H groups in total. The molecule has 3 rings (SSSR count). The molecule has 0 unspecified atom stereocenters. The highest BCUT2D eigenvalue weighted by molar-refractivity contribution is 7.92. The van der Waals surface area contributed by atoms with Crippen molar-refractivity contribution >= 4 is 50.7 Å². The van der Waals surface area contributed by atoms with Crippen LogP contribution in [0.4, 0.5) is 5.69 Å². The number of ether oxygens (including phenoxy) is 1. The highest BCUT2D eigenvalue weighted by atomic mass is 35.5. The van der Waals surface area contributed by atoms with E-state index in [1.807, 2.05) is 31.2 Å². The Kier molecular flexibility index (Phi) is 12.0. The molecule has 1 fully saturated rings. The number of benzene rings is 2. The Balaban J connectivity index is 1.79. The summed E-state index contributed by atoms with van der Waals surface area (Å²) in [6.07, 6.45) is 7.04. The van der Waals surface area contributed by atoms with E-state index < -0.39 is 16.1 Å². The van der Waals surface area contributed by atoms with E-state index in [-0.39, 0.29) is 54.5 Å². The molecule has 0 spiro atoms. The number of carbonyl (C=O) groups excluding carboxylic acids is 2. The van der Waals surface area contributed by atoms with Gasteiger partial charge in [-0.05, 0) is 61.6 Å². The lowest BCUT2D eigenvalue weighted by Gasteiger charge is -2.33. The predicted octanol–water partition coefficient (Wildman–Crippen LogP) is 5.80. The normalized spacial score (nSPS) is 14.8. The van der Waals surface area contributed by atoms with E-state index in [1.54, 1.807) is 18.1 Å². The van der Waals surface area contributed by atoms with Gasteiger partial charge in [0, 0.05) is 30.6 Å². The van der Waals surface area contributed by atoms with Crippen LogP contribution in [0.2, 0.25) is 10.0 Å². The first-order valence-electron chi connectivity index (χ1n) is 13.7. The molecular formula is C29H39Cl2N3O5S. The summed E-state index contributed by atoms with van der Waals surface area (Å²) < 4.78 is 31.7. The van der Waals surface area contributed by atoms with E-state index in [2.05, 4.69) is 5.32 Å². The molecule has 2 aromatic carbocycles. The lowest BCUT2D eigenvalue weighted by molar-refractivity contribution is -0.141. The standard InChI is InChI=1S/C29H39Cl2N3O5S/c1-4-26(29(36)32-23-11-6-5-7-12-23)33(20-21-10-8-13-24(18-21)39-2)28(35)14-9-17-34(40(3,37)38)27-19-22(30)15-16-25(27)31/h8,10,13,15-16,18-19,23,26H,4-7,9,11-12,14,17,20H2,1-3H3,(H,32,36)/t26-/m0/s1. The third-order valence-electron chi connectivity index (χ3n) is 7.15. The molecule has 0 bridgehead atoms. The molecule has 0 aliphatic heterocycles. The van der Waals surface area contributed by atoms with Crippen LogP contribution in [-0.4, -0.2) is 57.1 Å². The van der Waals surface area contributed by atoms with Gasteiger partial charge in [0.1, 0.15) is 11.8 Å². The van der Waals surface area contributed by atoms with Crippen LogP contribution in [0.15, 0.2) is 42.5 Å². The number of anilines is 1. The zero-order valence-electron chi connectivity index (χ0n) is 23.4. The van der Waals surface area contributed by atoms with Crippen LogP contribution in [0.25, 0.3) is 0 Å². The minimum Gasteiger partial charge on any atom is -0.497 e. The number of amides is 2. The van der Waals surface area contributed by atoms with Gasteiger partial charge in [0.2, 0.25) is 21.8 Å². The van der Waals surface area contributed by atoms with Crippen molar-refractivity contribution in [1.82, 2.24) is 10.2 Å². The average Bonchev–Trinajstić information content (AvgIpc) is 2.92. The second-order valence-corrected chi connectivity index (χ2v) is 12.9. The SMILES string of the molecule is CC[C@@H](C(=O)NC1CCCCC1)N(Cc1cccc(OC)c1)C(=O)CCCN(c1cc(Cl)ccc1Cl)S(C)(=O)=O. The number of methoxy groups -OCH3 is 1. The number of carbonyl (C=O) groups is 2. The van der Waals surface area contributed by atoms with Crippen molar-refractivity contribution in [1.29, 1.82) is 0 Å². The molecule has 8 nitrogen and oxygen atoms in total. The third-order valence-corrected chi connectivity index (χ3v) is 8.89. The van der Waals surface area contributed by atoms with Crippen molar-refractivity contribution < 1.29 is 22.7 Å². The monoisotopic (exact) mass is 611 g/mol. The van der Waals surface area contributed by atoms with Crippen LogP contribution in [0.1, 0.15) is 63.9 Å². The fourth-order valence-electron chi connectivity index (χ4n) is 5.09. The second-order valence-electron chi connectivity index (χ2n) is 10.2. The Morgan fingerprint density at radius 2 is 1.82 bits per heavy atom. The summed E-state index contributed by atoms with van der Waals surface area (Å²) in [5, 5.41) is 3.76. The van der Waals surface area contributed by atoms with Gasteiger partial charge in [-0.3, -0.25) is 13.9 Å². The highest BCUT2D eigenvalue weighted by Gasteiger charge is 2.30. The summed E-state index contributed by atoms with van der Waals surface area (Å²) >= 11 is 12.4. The molecule has 1 atom stereocenters. The van der Waals surface area contributed by atoms with Crippen molar-refractivity contribution in [3.05, 3.63) is 58.1 Å². The van der Waals surface area contributed by atoms with E-state index >= 15 is 0 Å². The number of sulfonamides is 1. The molecule has 40 heavy (non-hydrogen) atoms. The van der Waals surface area contributed by atoms with E-state index in [0.717, 1.165) is 41.8 Å². The fraction of sp³-hybridized carbons (Fsp3) is 0.517. The molecule has 0 aromatic heterocycles. The first kappa shape index (κ1) is 32.0. The van der Waals surface area contributed by atoms with Gasteiger partial charge in [-0.15, -0.1) is 0 Å². The van der Waals surface area contributed by atoms with Crippen LogP contribution >= 0.6 is 23.2 Å². The van der Waals surface area contributed by atoms with Gasteiger partial charge in [0.05, 0.1) is 24.1 Å². The summed E-state index contributed by atoms with van der Waals surface area (Å²) in [5.41, 5.74) is 1.09. The molecule has 1 saturated carbocycles. The molecule has 2 amide bonds. The number of nitrogens with zero attached hydrogens (tertiary/aromatic N) is 2. The molecular weight excluding hydrogens is 573 g/mol. The minimum atomic E-state index is -3.70. The highest BCUT2D eigenvalue weighted by Crippen LogP contribution is 2.31. The van der Waals surface area contributed by atoms with Crippen LogP contribution in [0.3, 0.4) is 0 Å². The van der Waals surface area contributed by atoms with Gasteiger partial charge in [-0.1, -0.05) is 61.5 Å². The summed E-state index contributed by atoms with van der Waals surface area (Å²) in [5.74, 6) is 0.264. The first-order chi connectivity index (χ1) is 19.0. The number of halogens is 2. The Labute approximate surface area is 248 Å². The lowest BCUT2D eigenvalue weighted by atomic mass is 9.95. The van der Waals surface area contributed by atoms with E-state index in [9.17, 15) is 18.0 Å². The topological polar surface area (TPSA) is 96.0 Å². The molecule has 2 aromatic rings. The van der Waals surface area contributed by atoms with Crippen LogP contribution < -0.4 is 14.4 Å². The number of hydrogen-bond acceptors (Lipinski definition) is 5. The quantitative estimate of drug-likeness (QED) is 0.308. The number of rotatable bonds is 13. The lowest BCUT2D eigenvalue weighted by Crippen LogP contribution is -2.51. The predicted molar refractivity (Wildman–Crippen MR) is 161 cm³/mol. The summed E-state index contributed by atoms with van der Waals surface area (Å²) in [7, 11) is -2.12. The van der Waals surface area contributed by atoms with Gasteiger partial charge in [0.15, 0.2) is 0 Å². The van der Waals surface area contributed by atoms with Gasteiger partial charge < -0.3 is 15.0 Å². The van der Waals surface area contributed by atoms with E-state index in [1.165, 1.54) is 18.6 Å². The van der Waals surface area contributed by atoms with Gasteiger partial charge in [-0.25, -0.2) is 8.42 Å². The van der Waals surface area contributed by atoms with Crippen molar-refractivity contribution in [3.8, 4) is 5.75 Å². The summed E-state index contributed by atoms with van der Waals surface area (Å²) in [6.45, 7) is 2.15. The molecule has 0 radical (unpaired) electrons. The van der Waals surface area contributed by atoms with Gasteiger partial charge in [0.25, 0.3) is 0 Å². The number of nitrogens with one attached hydrogen (secondary N) is 1. The smallest absolute Gasteiger partial charge is 0.243 e. The third kappa shape index (κ3) is 9.01. The van der Waals surface area contributed by atoms with Crippen LogP contribution in [0, 0.1) is 0 Å². The Morgan fingerprint density at radius 3 is 2.48 bits per heavy atom. The van der Waals surface area contributed by atoms with Crippen molar-refractivity contribution in [2.24, 2.45) is 0 Å². The molecule has 0 heterocycles. The Hall–Kier alpha value is -2.49. The Bertz CT molecular complexity index is 1270. The van der Waals surface area contributed by atoms with E-state index in [0.29, 0.717) is 17.2 Å².